The fourth-order valence-electron chi connectivity index (χ4n) is 1.93. The molecular formula is C13H15ClO3. The minimum atomic E-state index is -0.421. The first-order chi connectivity index (χ1) is 8.15. The van der Waals surface area contributed by atoms with Crippen LogP contribution in [0.15, 0.2) is 18.2 Å². The molecule has 0 amide bonds. The topological polar surface area (TPSA) is 35.5 Å². The number of carbonyl (C=O) groups excluding carboxylic acids is 1. The molecule has 0 saturated heterocycles. The van der Waals surface area contributed by atoms with Gasteiger partial charge < -0.3 is 9.47 Å². The number of methoxy groups -OCH3 is 1. The maximum absolute atomic E-state index is 11.2. The predicted octanol–water partition coefficient (Wildman–Crippen LogP) is 2.64. The highest BCUT2D eigenvalue weighted by Gasteiger charge is 2.41. The second-order valence-corrected chi connectivity index (χ2v) is 4.50. The summed E-state index contributed by atoms with van der Waals surface area (Å²) >= 11 is 6.03. The molecule has 1 aromatic carbocycles. The number of benzene rings is 1. The van der Waals surface area contributed by atoms with E-state index in [4.69, 9.17) is 21.1 Å². The van der Waals surface area contributed by atoms with Crippen LogP contribution in [0.5, 0.6) is 5.75 Å². The van der Waals surface area contributed by atoms with E-state index >= 15 is 0 Å². The molecule has 92 valence electrons. The summed E-state index contributed by atoms with van der Waals surface area (Å²) in [5.74, 6) is 0.841. The van der Waals surface area contributed by atoms with E-state index in [1.54, 1.807) is 0 Å². The minimum absolute atomic E-state index is 0.0992. The van der Waals surface area contributed by atoms with Gasteiger partial charge in [0.05, 0.1) is 0 Å². The van der Waals surface area contributed by atoms with Gasteiger partial charge in [0.25, 0.3) is 0 Å². The van der Waals surface area contributed by atoms with Gasteiger partial charge in [0, 0.05) is 18.6 Å². The third kappa shape index (κ3) is 2.45. The summed E-state index contributed by atoms with van der Waals surface area (Å²) in [7, 11) is 1.53. The lowest BCUT2D eigenvalue weighted by Gasteiger charge is -2.33. The van der Waals surface area contributed by atoms with Crippen LogP contribution in [0.4, 0.5) is 0 Å². The van der Waals surface area contributed by atoms with Crippen molar-refractivity contribution in [1.82, 2.24) is 0 Å². The molecule has 0 aromatic heterocycles. The monoisotopic (exact) mass is 254 g/mol. The zero-order valence-electron chi connectivity index (χ0n) is 9.90. The van der Waals surface area contributed by atoms with Crippen LogP contribution in [0, 0.1) is 0 Å². The summed E-state index contributed by atoms with van der Waals surface area (Å²) in [5, 5.41) is 0.743. The average molecular weight is 255 g/mol. The van der Waals surface area contributed by atoms with Gasteiger partial charge in [0.2, 0.25) is 0 Å². The molecular weight excluding hydrogens is 240 g/mol. The first kappa shape index (κ1) is 12.4. The summed E-state index contributed by atoms with van der Waals surface area (Å²) in [6.07, 6.45) is 0.685. The van der Waals surface area contributed by atoms with E-state index in [0.29, 0.717) is 6.42 Å². The van der Waals surface area contributed by atoms with Crippen LogP contribution >= 0.6 is 11.6 Å². The highest BCUT2D eigenvalue weighted by Crippen LogP contribution is 2.28. The lowest BCUT2D eigenvalue weighted by molar-refractivity contribution is -0.150. The number of halogens is 1. The molecule has 4 heteroatoms. The van der Waals surface area contributed by atoms with Gasteiger partial charge in [-0.25, -0.2) is 0 Å². The number of Topliss-reactive ketones (excluding diaryl/α,β-unsaturated/α-hetero) is 1. The molecule has 1 saturated carbocycles. The molecule has 3 nitrogen and oxygen atoms in total. The molecule has 1 aliphatic rings. The Hall–Kier alpha value is -1.06. The summed E-state index contributed by atoms with van der Waals surface area (Å²) in [5.41, 5.74) is 1.05. The number of ketones is 1. The molecule has 0 heterocycles. The minimum Gasteiger partial charge on any atom is -0.487 e. The molecule has 0 bridgehead atoms. The number of hydrogen-bond donors (Lipinski definition) is 0. The fourth-order valence-corrected chi connectivity index (χ4v) is 2.18. The summed E-state index contributed by atoms with van der Waals surface area (Å²) in [6, 6.07) is 5.55. The normalized spacial score (nSPS) is 23.4. The Kier molecular flexibility index (Phi) is 3.69. The molecule has 2 atom stereocenters. The van der Waals surface area contributed by atoms with Crippen LogP contribution in [0.2, 0.25) is 5.02 Å². The van der Waals surface area contributed by atoms with E-state index in [0.717, 1.165) is 22.8 Å². The lowest BCUT2D eigenvalue weighted by atomic mass is 9.90. The second kappa shape index (κ2) is 5.07. The van der Waals surface area contributed by atoms with E-state index in [-0.39, 0.29) is 11.9 Å². The Balaban J connectivity index is 2.07. The summed E-state index contributed by atoms with van der Waals surface area (Å²) in [6.45, 7) is 2.04. The zero-order valence-corrected chi connectivity index (χ0v) is 10.7. The van der Waals surface area contributed by atoms with Crippen molar-refractivity contribution >= 4 is 17.4 Å². The molecule has 0 aliphatic heterocycles. The van der Waals surface area contributed by atoms with Crippen molar-refractivity contribution < 1.29 is 14.3 Å². The molecule has 1 fully saturated rings. The second-order valence-electron chi connectivity index (χ2n) is 4.09. The van der Waals surface area contributed by atoms with Crippen LogP contribution in [0.25, 0.3) is 0 Å². The highest BCUT2D eigenvalue weighted by atomic mass is 35.5. The van der Waals surface area contributed by atoms with Crippen LogP contribution in [0.1, 0.15) is 18.9 Å². The Bertz CT molecular complexity index is 431. The Morgan fingerprint density at radius 1 is 1.47 bits per heavy atom. The number of aryl methyl sites for hydroxylation is 1. The number of ether oxygens (including phenoxy) is 2. The molecule has 2 rings (SSSR count). The molecule has 0 N–H and O–H groups in total. The smallest absolute Gasteiger partial charge is 0.169 e. The first-order valence-corrected chi connectivity index (χ1v) is 6.04. The average Bonchev–Trinajstić information content (AvgIpc) is 2.31. The van der Waals surface area contributed by atoms with Crippen molar-refractivity contribution in [3.05, 3.63) is 28.8 Å². The zero-order chi connectivity index (χ0) is 12.4. The third-order valence-corrected chi connectivity index (χ3v) is 3.37. The molecule has 17 heavy (non-hydrogen) atoms. The van der Waals surface area contributed by atoms with E-state index in [9.17, 15) is 4.79 Å². The van der Waals surface area contributed by atoms with Crippen molar-refractivity contribution in [1.29, 1.82) is 0 Å². The van der Waals surface area contributed by atoms with Gasteiger partial charge >= 0.3 is 0 Å². The molecule has 0 spiro atoms. The maximum atomic E-state index is 11.2. The Morgan fingerprint density at radius 3 is 2.82 bits per heavy atom. The fraction of sp³-hybridized carbons (Fsp3) is 0.462. The summed E-state index contributed by atoms with van der Waals surface area (Å²) in [4.78, 5) is 11.2. The van der Waals surface area contributed by atoms with E-state index < -0.39 is 6.10 Å². The van der Waals surface area contributed by atoms with Crippen LogP contribution < -0.4 is 4.74 Å². The maximum Gasteiger partial charge on any atom is 0.169 e. The number of rotatable bonds is 4. The summed E-state index contributed by atoms with van der Waals surface area (Å²) < 4.78 is 10.8. The third-order valence-electron chi connectivity index (χ3n) is 3.00. The molecule has 0 radical (unpaired) electrons. The quantitative estimate of drug-likeness (QED) is 0.829. The van der Waals surface area contributed by atoms with Crippen molar-refractivity contribution in [2.75, 3.05) is 7.11 Å². The number of carbonyl (C=O) groups is 1. The van der Waals surface area contributed by atoms with Crippen LogP contribution in [0.3, 0.4) is 0 Å². The van der Waals surface area contributed by atoms with Gasteiger partial charge in [-0.1, -0.05) is 18.5 Å². The first-order valence-electron chi connectivity index (χ1n) is 5.66. The van der Waals surface area contributed by atoms with Crippen molar-refractivity contribution in [3.8, 4) is 5.75 Å². The molecule has 2 unspecified atom stereocenters. The van der Waals surface area contributed by atoms with Crippen LogP contribution in [-0.4, -0.2) is 25.1 Å². The van der Waals surface area contributed by atoms with Gasteiger partial charge in [-0.15, -0.1) is 0 Å². The van der Waals surface area contributed by atoms with Gasteiger partial charge in [-0.2, -0.15) is 0 Å². The van der Waals surface area contributed by atoms with Crippen molar-refractivity contribution in [2.45, 2.75) is 32.0 Å². The Labute approximate surface area is 106 Å². The molecule has 1 aliphatic carbocycles. The Morgan fingerprint density at radius 2 is 2.24 bits per heavy atom. The largest absolute Gasteiger partial charge is 0.487 e. The highest BCUT2D eigenvalue weighted by molar-refractivity contribution is 6.31. The predicted molar refractivity (Wildman–Crippen MR) is 65.7 cm³/mol. The van der Waals surface area contributed by atoms with Crippen LogP contribution in [-0.2, 0) is 16.0 Å². The standard InChI is InChI=1S/C13H15ClO3/c1-3-8-6-9(4-5-10(8)14)17-12-7-11(15)13(12)16-2/h4-6,12-13H,3,7H2,1-2H3. The van der Waals surface area contributed by atoms with E-state index in [1.165, 1.54) is 7.11 Å². The SMILES string of the molecule is CCc1cc(OC2CC(=O)C2OC)ccc1Cl. The molecule has 1 aromatic rings. The lowest BCUT2D eigenvalue weighted by Crippen LogP contribution is -2.51. The van der Waals surface area contributed by atoms with Gasteiger partial charge in [0.15, 0.2) is 11.9 Å². The van der Waals surface area contributed by atoms with Gasteiger partial charge in [0.1, 0.15) is 11.9 Å². The van der Waals surface area contributed by atoms with Crippen molar-refractivity contribution in [3.63, 3.8) is 0 Å². The number of hydrogen-bond acceptors (Lipinski definition) is 3. The van der Waals surface area contributed by atoms with Gasteiger partial charge in [-0.3, -0.25) is 4.79 Å². The van der Waals surface area contributed by atoms with E-state index in [1.807, 2.05) is 25.1 Å². The van der Waals surface area contributed by atoms with Crippen molar-refractivity contribution in [2.24, 2.45) is 0 Å². The van der Waals surface area contributed by atoms with Gasteiger partial charge in [-0.05, 0) is 30.2 Å². The van der Waals surface area contributed by atoms with E-state index in [2.05, 4.69) is 0 Å².